The highest BCUT2D eigenvalue weighted by atomic mass is 16.1. The molecule has 27 heavy (non-hydrogen) atoms. The Kier molecular flexibility index (Phi) is 4.24. The van der Waals surface area contributed by atoms with Crippen molar-refractivity contribution in [2.24, 2.45) is 0 Å². The van der Waals surface area contributed by atoms with Crippen LogP contribution >= 0.6 is 0 Å². The van der Waals surface area contributed by atoms with Gasteiger partial charge >= 0.3 is 0 Å². The van der Waals surface area contributed by atoms with Crippen molar-refractivity contribution >= 4 is 22.6 Å². The largest absolute Gasteiger partial charge is 0.324 e. The summed E-state index contributed by atoms with van der Waals surface area (Å²) in [7, 11) is 0. The number of nitrogens with zero attached hydrogens (tertiary/aromatic N) is 4. The van der Waals surface area contributed by atoms with Gasteiger partial charge in [-0.15, -0.1) is 0 Å². The van der Waals surface area contributed by atoms with E-state index in [1.165, 1.54) is 0 Å². The molecule has 0 radical (unpaired) electrons. The van der Waals surface area contributed by atoms with Crippen molar-refractivity contribution in [1.82, 2.24) is 19.3 Å². The number of aromatic nitrogens is 4. The van der Waals surface area contributed by atoms with Crippen LogP contribution in [0.3, 0.4) is 0 Å². The highest BCUT2D eigenvalue weighted by molar-refractivity contribution is 6.05. The molecule has 4 aromatic rings. The van der Waals surface area contributed by atoms with Crippen molar-refractivity contribution in [3.8, 4) is 5.69 Å². The molecule has 0 saturated heterocycles. The number of anilines is 1. The molecule has 6 nitrogen and oxygen atoms in total. The number of amides is 1. The summed E-state index contributed by atoms with van der Waals surface area (Å²) in [6, 6.07) is 11.7. The molecule has 0 aliphatic rings. The summed E-state index contributed by atoms with van der Waals surface area (Å²) in [6.07, 6.45) is 7.37. The van der Waals surface area contributed by atoms with Gasteiger partial charge in [0.05, 0.1) is 18.1 Å². The van der Waals surface area contributed by atoms with E-state index in [0.29, 0.717) is 11.3 Å². The first kappa shape index (κ1) is 17.0. The Balaban J connectivity index is 1.61. The van der Waals surface area contributed by atoms with E-state index in [4.69, 9.17) is 0 Å². The number of nitrogens with one attached hydrogen (secondary N) is 1. The van der Waals surface area contributed by atoms with Gasteiger partial charge in [-0.3, -0.25) is 4.79 Å². The van der Waals surface area contributed by atoms with Gasteiger partial charge in [-0.2, -0.15) is 5.10 Å². The van der Waals surface area contributed by atoms with E-state index in [9.17, 15) is 4.79 Å². The Bertz CT molecular complexity index is 1110. The van der Waals surface area contributed by atoms with Crippen molar-refractivity contribution in [2.45, 2.75) is 26.8 Å². The molecule has 1 aromatic carbocycles. The van der Waals surface area contributed by atoms with Crippen LogP contribution in [0.15, 0.2) is 61.2 Å². The van der Waals surface area contributed by atoms with Crippen LogP contribution in [0.2, 0.25) is 0 Å². The third-order valence-electron chi connectivity index (χ3n) is 4.53. The number of aryl methyl sites for hydroxylation is 1. The van der Waals surface area contributed by atoms with Crippen LogP contribution in [0.5, 0.6) is 0 Å². The zero-order valence-corrected chi connectivity index (χ0v) is 15.5. The van der Waals surface area contributed by atoms with Crippen LogP contribution in [0, 0.1) is 6.92 Å². The Morgan fingerprint density at radius 2 is 1.89 bits per heavy atom. The molecule has 0 aliphatic heterocycles. The van der Waals surface area contributed by atoms with Crippen molar-refractivity contribution < 1.29 is 4.79 Å². The lowest BCUT2D eigenvalue weighted by Crippen LogP contribution is -2.13. The molecule has 0 unspecified atom stereocenters. The summed E-state index contributed by atoms with van der Waals surface area (Å²) in [6.45, 7) is 6.15. The second-order valence-electron chi connectivity index (χ2n) is 6.87. The van der Waals surface area contributed by atoms with Gasteiger partial charge < -0.3 is 9.88 Å². The Labute approximate surface area is 157 Å². The minimum Gasteiger partial charge on any atom is -0.324 e. The number of pyridine rings is 1. The smallest absolute Gasteiger partial charge is 0.255 e. The van der Waals surface area contributed by atoms with E-state index < -0.39 is 0 Å². The second kappa shape index (κ2) is 6.72. The first-order valence-electron chi connectivity index (χ1n) is 8.91. The molecule has 1 amide bonds. The number of benzene rings is 1. The quantitative estimate of drug-likeness (QED) is 0.589. The minimum atomic E-state index is -0.166. The number of rotatable bonds is 4. The fourth-order valence-corrected chi connectivity index (χ4v) is 3.11. The van der Waals surface area contributed by atoms with Gasteiger partial charge in [0, 0.05) is 35.1 Å². The van der Waals surface area contributed by atoms with Gasteiger partial charge in [0.15, 0.2) is 5.65 Å². The maximum Gasteiger partial charge on any atom is 0.255 e. The van der Waals surface area contributed by atoms with Crippen LogP contribution < -0.4 is 5.32 Å². The predicted octanol–water partition coefficient (Wildman–Crippen LogP) is 4.36. The molecule has 0 atom stereocenters. The molecule has 0 spiro atoms. The van der Waals surface area contributed by atoms with E-state index in [1.54, 1.807) is 12.4 Å². The summed E-state index contributed by atoms with van der Waals surface area (Å²) in [5.41, 5.74) is 4.15. The van der Waals surface area contributed by atoms with Crippen LogP contribution in [0.25, 0.3) is 16.7 Å². The molecular formula is C21H21N5O. The molecule has 6 heteroatoms. The zero-order chi connectivity index (χ0) is 19.0. The fraction of sp³-hybridized carbons (Fsp3) is 0.190. The van der Waals surface area contributed by atoms with E-state index in [0.717, 1.165) is 22.3 Å². The monoisotopic (exact) mass is 359 g/mol. The molecule has 0 bridgehead atoms. The molecule has 0 fully saturated rings. The summed E-state index contributed by atoms with van der Waals surface area (Å²) in [4.78, 5) is 17.2. The topological polar surface area (TPSA) is 64.7 Å². The van der Waals surface area contributed by atoms with Crippen molar-refractivity contribution in [1.29, 1.82) is 0 Å². The average Bonchev–Trinajstić information content (AvgIpc) is 3.31. The SMILES string of the molecule is Cc1ccc(C(=O)Nc2cnc3c(cnn3C(C)C)c2)cc1-n1cccc1. The summed E-state index contributed by atoms with van der Waals surface area (Å²) in [5.74, 6) is -0.166. The highest BCUT2D eigenvalue weighted by Crippen LogP contribution is 2.21. The number of fused-ring (bicyclic) bond motifs is 1. The van der Waals surface area contributed by atoms with E-state index in [-0.39, 0.29) is 11.9 Å². The van der Waals surface area contributed by atoms with Gasteiger partial charge in [0.25, 0.3) is 5.91 Å². The zero-order valence-electron chi connectivity index (χ0n) is 15.5. The van der Waals surface area contributed by atoms with Crippen LogP contribution in [-0.2, 0) is 0 Å². The second-order valence-corrected chi connectivity index (χ2v) is 6.87. The van der Waals surface area contributed by atoms with Crippen molar-refractivity contribution in [3.63, 3.8) is 0 Å². The molecule has 3 aromatic heterocycles. The van der Waals surface area contributed by atoms with E-state index in [1.807, 2.05) is 65.0 Å². The van der Waals surface area contributed by atoms with Crippen molar-refractivity contribution in [3.05, 3.63) is 72.3 Å². The van der Waals surface area contributed by atoms with Crippen LogP contribution in [0.1, 0.15) is 35.8 Å². The molecule has 3 heterocycles. The molecule has 0 saturated carbocycles. The molecule has 1 N–H and O–H groups in total. The predicted molar refractivity (Wildman–Crippen MR) is 106 cm³/mol. The Hall–Kier alpha value is -3.41. The van der Waals surface area contributed by atoms with Gasteiger partial charge in [-0.1, -0.05) is 6.07 Å². The van der Waals surface area contributed by atoms with Gasteiger partial charge in [0.2, 0.25) is 0 Å². The molecular weight excluding hydrogens is 338 g/mol. The van der Waals surface area contributed by atoms with Crippen LogP contribution in [0.4, 0.5) is 5.69 Å². The first-order valence-corrected chi connectivity index (χ1v) is 8.91. The van der Waals surface area contributed by atoms with Gasteiger partial charge in [-0.05, 0) is 56.7 Å². The molecule has 4 rings (SSSR count). The molecule has 136 valence electrons. The minimum absolute atomic E-state index is 0.166. The standard InChI is InChI=1S/C21H21N5O/c1-14(2)26-20-17(12-23-26)10-18(13-22-20)24-21(27)16-7-6-15(3)19(11-16)25-8-4-5-9-25/h4-14H,1-3H3,(H,24,27). The summed E-state index contributed by atoms with van der Waals surface area (Å²) in [5, 5.41) is 8.20. The number of carbonyl (C=O) groups excluding carboxylic acids is 1. The van der Waals surface area contributed by atoms with E-state index >= 15 is 0 Å². The maximum atomic E-state index is 12.7. The molecule has 0 aliphatic carbocycles. The van der Waals surface area contributed by atoms with Crippen molar-refractivity contribution in [2.75, 3.05) is 5.32 Å². The number of hydrogen-bond acceptors (Lipinski definition) is 3. The average molecular weight is 359 g/mol. The highest BCUT2D eigenvalue weighted by Gasteiger charge is 2.12. The fourth-order valence-electron chi connectivity index (χ4n) is 3.11. The lowest BCUT2D eigenvalue weighted by molar-refractivity contribution is 0.102. The maximum absolute atomic E-state index is 12.7. The summed E-state index contributed by atoms with van der Waals surface area (Å²) >= 11 is 0. The normalized spacial score (nSPS) is 11.3. The van der Waals surface area contributed by atoms with Gasteiger partial charge in [0.1, 0.15) is 0 Å². The first-order chi connectivity index (χ1) is 13.0. The summed E-state index contributed by atoms with van der Waals surface area (Å²) < 4.78 is 3.87. The third-order valence-corrected chi connectivity index (χ3v) is 4.53. The Morgan fingerprint density at radius 3 is 2.63 bits per heavy atom. The third kappa shape index (κ3) is 3.21. The van der Waals surface area contributed by atoms with Crippen LogP contribution in [-0.4, -0.2) is 25.2 Å². The Morgan fingerprint density at radius 1 is 1.11 bits per heavy atom. The number of carbonyl (C=O) groups is 1. The van der Waals surface area contributed by atoms with Gasteiger partial charge in [-0.25, -0.2) is 9.67 Å². The van der Waals surface area contributed by atoms with E-state index in [2.05, 4.69) is 29.2 Å². The number of hydrogen-bond donors (Lipinski definition) is 1. The lowest BCUT2D eigenvalue weighted by Gasteiger charge is -2.11. The lowest BCUT2D eigenvalue weighted by atomic mass is 10.1.